The van der Waals surface area contributed by atoms with E-state index in [0.29, 0.717) is 44.9 Å². The average molecular weight is 684 g/mol. The van der Waals surface area contributed by atoms with E-state index in [1.807, 2.05) is 30.5 Å². The second-order valence-electron chi connectivity index (χ2n) is 12.0. The van der Waals surface area contributed by atoms with Crippen molar-refractivity contribution in [2.75, 3.05) is 52.5 Å². The maximum Gasteiger partial charge on any atom is 0.416 e. The van der Waals surface area contributed by atoms with Crippen LogP contribution in [0.2, 0.25) is 0 Å². The Morgan fingerprint density at radius 2 is 1.62 bits per heavy atom. The number of para-hydroxylation sites is 1. The number of fused-ring (bicyclic) bond motifs is 1. The fourth-order valence-corrected chi connectivity index (χ4v) is 6.15. The van der Waals surface area contributed by atoms with Crippen molar-refractivity contribution in [2.24, 2.45) is 0 Å². The third-order valence-corrected chi connectivity index (χ3v) is 8.51. The first kappa shape index (κ1) is 37.0. The number of hydrogen-bond donors (Lipinski definition) is 1. The number of carbonyl (C=O) groups excluding carboxylic acids is 1. The van der Waals surface area contributed by atoms with Crippen LogP contribution in [0.15, 0.2) is 48.7 Å². The molecule has 0 unspecified atom stereocenters. The number of alkyl halides is 6. The molecule has 2 aliphatic rings. The summed E-state index contributed by atoms with van der Waals surface area (Å²) in [6, 6.07) is 8.29. The number of morpholine rings is 1. The predicted molar refractivity (Wildman–Crippen MR) is 165 cm³/mol. The van der Waals surface area contributed by atoms with Crippen LogP contribution in [0.5, 0.6) is 0 Å². The van der Waals surface area contributed by atoms with Gasteiger partial charge in [0.15, 0.2) is 0 Å². The molecule has 0 bridgehead atoms. The van der Waals surface area contributed by atoms with Gasteiger partial charge in [-0.25, -0.2) is 0 Å². The molecule has 1 amide bonds. The average Bonchev–Trinajstić information content (AvgIpc) is 3.35. The van der Waals surface area contributed by atoms with Crippen LogP contribution in [-0.4, -0.2) is 89.7 Å². The highest BCUT2D eigenvalue weighted by Crippen LogP contribution is 2.37. The number of nitrogens with one attached hydrogen (secondary N) is 1. The molecule has 5 rings (SSSR count). The van der Waals surface area contributed by atoms with Gasteiger partial charge in [0.25, 0.3) is 5.91 Å². The maximum atomic E-state index is 13.7. The van der Waals surface area contributed by atoms with Gasteiger partial charge in [-0.2, -0.15) is 26.3 Å². The number of nitrogens with zero attached hydrogens (tertiary/aromatic N) is 3. The van der Waals surface area contributed by atoms with Crippen molar-refractivity contribution in [2.45, 2.75) is 50.6 Å². The van der Waals surface area contributed by atoms with Gasteiger partial charge in [0.2, 0.25) is 0 Å². The normalized spacial score (nSPS) is 19.6. The SMILES string of the molecule is CC1(C)COCCN1CCCN1CCN(C(=O)c2cc(C(F)(F)F)cc(C(F)(F)F)c2)[C@H](Cc2c[nH]c3ccccc23)C1.Cl.Cl. The highest BCUT2D eigenvalue weighted by atomic mass is 35.5. The zero-order chi connectivity index (χ0) is 31.0. The summed E-state index contributed by atoms with van der Waals surface area (Å²) in [6.45, 7) is 9.19. The van der Waals surface area contributed by atoms with Crippen LogP contribution in [0.4, 0.5) is 26.3 Å². The Morgan fingerprint density at radius 1 is 0.956 bits per heavy atom. The Morgan fingerprint density at radius 3 is 2.27 bits per heavy atom. The number of H-pyrrole nitrogens is 1. The van der Waals surface area contributed by atoms with Gasteiger partial charge in [0.05, 0.1) is 24.3 Å². The first-order valence-electron chi connectivity index (χ1n) is 14.4. The minimum absolute atomic E-state index is 0. The van der Waals surface area contributed by atoms with E-state index in [4.69, 9.17) is 4.74 Å². The molecular weight excluding hydrogens is 645 g/mol. The molecule has 1 atom stereocenters. The number of aromatic amines is 1. The number of carbonyl (C=O) groups is 1. The molecule has 2 aromatic carbocycles. The Balaban J connectivity index is 0.00000276. The second kappa shape index (κ2) is 14.5. The molecule has 0 saturated carbocycles. The summed E-state index contributed by atoms with van der Waals surface area (Å²) in [4.78, 5) is 23.0. The smallest absolute Gasteiger partial charge is 0.378 e. The molecule has 2 saturated heterocycles. The van der Waals surface area contributed by atoms with Crippen LogP contribution in [0, 0.1) is 0 Å². The van der Waals surface area contributed by atoms with Crippen molar-refractivity contribution < 1.29 is 35.9 Å². The molecule has 45 heavy (non-hydrogen) atoms. The van der Waals surface area contributed by atoms with Crippen molar-refractivity contribution in [1.82, 2.24) is 19.7 Å². The molecular formula is C31H38Cl2F6N4O2. The van der Waals surface area contributed by atoms with Crippen LogP contribution < -0.4 is 0 Å². The summed E-state index contributed by atoms with van der Waals surface area (Å²) in [6.07, 6.45) is -6.95. The number of ether oxygens (including phenoxy) is 1. The van der Waals surface area contributed by atoms with Gasteiger partial charge in [-0.1, -0.05) is 18.2 Å². The number of aromatic nitrogens is 1. The fraction of sp³-hybridized carbons (Fsp3) is 0.516. The summed E-state index contributed by atoms with van der Waals surface area (Å²) < 4.78 is 87.0. The number of benzene rings is 2. The van der Waals surface area contributed by atoms with Gasteiger partial charge in [-0.3, -0.25) is 14.6 Å². The van der Waals surface area contributed by atoms with Gasteiger partial charge in [0.1, 0.15) is 0 Å². The van der Waals surface area contributed by atoms with E-state index in [0.717, 1.165) is 42.5 Å². The van der Waals surface area contributed by atoms with Crippen molar-refractivity contribution in [3.63, 3.8) is 0 Å². The molecule has 6 nitrogen and oxygen atoms in total. The minimum Gasteiger partial charge on any atom is -0.378 e. The first-order chi connectivity index (χ1) is 20.2. The summed E-state index contributed by atoms with van der Waals surface area (Å²) >= 11 is 0. The van der Waals surface area contributed by atoms with Crippen LogP contribution >= 0.6 is 24.8 Å². The van der Waals surface area contributed by atoms with Gasteiger partial charge >= 0.3 is 12.4 Å². The number of halogens is 8. The Hall–Kier alpha value is -2.51. The van der Waals surface area contributed by atoms with E-state index < -0.39 is 41.0 Å². The number of hydrogen-bond acceptors (Lipinski definition) is 4. The lowest BCUT2D eigenvalue weighted by molar-refractivity contribution is -0.143. The van der Waals surface area contributed by atoms with Crippen molar-refractivity contribution in [1.29, 1.82) is 0 Å². The van der Waals surface area contributed by atoms with Crippen molar-refractivity contribution in [3.8, 4) is 0 Å². The van der Waals surface area contributed by atoms with Crippen molar-refractivity contribution in [3.05, 3.63) is 70.9 Å². The quantitative estimate of drug-likeness (QED) is 0.275. The van der Waals surface area contributed by atoms with E-state index in [9.17, 15) is 31.1 Å². The summed E-state index contributed by atoms with van der Waals surface area (Å²) in [5, 5.41) is 0.958. The van der Waals surface area contributed by atoms with Crippen molar-refractivity contribution >= 4 is 41.6 Å². The first-order valence-corrected chi connectivity index (χ1v) is 14.4. The molecule has 2 aliphatic heterocycles. The number of rotatable bonds is 7. The zero-order valence-corrected chi connectivity index (χ0v) is 26.6. The second-order valence-corrected chi connectivity index (χ2v) is 12.0. The Bertz CT molecular complexity index is 1410. The van der Waals surface area contributed by atoms with Gasteiger partial charge in [-0.15, -0.1) is 24.8 Å². The van der Waals surface area contributed by atoms with E-state index in [1.165, 1.54) is 4.90 Å². The largest absolute Gasteiger partial charge is 0.416 e. The standard InChI is InChI=1S/C31H36F6N4O2.2ClH/c1-29(2)20-43-13-12-40(29)9-5-8-39-10-11-41(25(19-39)16-22-18-38-27-7-4-3-6-26(22)27)28(42)21-14-23(30(32,33)34)17-24(15-21)31(35,36)37;;/h3-4,6-7,14-15,17-18,25,38H,5,8-13,16,19-20H2,1-2H3;2*1H/t25-;;/m1../s1. The Labute approximate surface area is 270 Å². The van der Waals surface area contributed by atoms with E-state index in [-0.39, 0.29) is 43.0 Å². The molecule has 3 heterocycles. The van der Waals surface area contributed by atoms with Gasteiger partial charge < -0.3 is 14.6 Å². The molecule has 0 radical (unpaired) electrons. The molecule has 1 aromatic heterocycles. The lowest BCUT2D eigenvalue weighted by Crippen LogP contribution is -2.57. The fourth-order valence-electron chi connectivity index (χ4n) is 6.15. The molecule has 3 aromatic rings. The van der Waals surface area contributed by atoms with Crippen LogP contribution in [0.1, 0.15) is 47.3 Å². The predicted octanol–water partition coefficient (Wildman–Crippen LogP) is 6.92. The molecule has 0 spiro atoms. The molecule has 250 valence electrons. The van der Waals surface area contributed by atoms with E-state index in [1.54, 1.807) is 0 Å². The minimum atomic E-state index is -5.03. The van der Waals surface area contributed by atoms with E-state index in [2.05, 4.69) is 28.6 Å². The molecule has 0 aliphatic carbocycles. The molecule has 14 heteroatoms. The van der Waals surface area contributed by atoms with E-state index >= 15 is 0 Å². The summed E-state index contributed by atoms with van der Waals surface area (Å²) in [5.41, 5.74) is -1.85. The monoisotopic (exact) mass is 682 g/mol. The molecule has 2 fully saturated rings. The number of amides is 1. The topological polar surface area (TPSA) is 51.8 Å². The maximum absolute atomic E-state index is 13.7. The van der Waals surface area contributed by atoms with Crippen LogP contribution in [0.3, 0.4) is 0 Å². The lowest BCUT2D eigenvalue weighted by atomic mass is 9.98. The van der Waals surface area contributed by atoms with Crippen LogP contribution in [0.25, 0.3) is 10.9 Å². The molecule has 1 N–H and O–H groups in total. The Kier molecular flexibility index (Phi) is 11.9. The number of piperazine rings is 1. The summed E-state index contributed by atoms with van der Waals surface area (Å²) in [7, 11) is 0. The van der Waals surface area contributed by atoms with Gasteiger partial charge in [0, 0.05) is 67.0 Å². The highest BCUT2D eigenvalue weighted by molar-refractivity contribution is 5.95. The highest BCUT2D eigenvalue weighted by Gasteiger charge is 2.39. The third kappa shape index (κ3) is 8.65. The summed E-state index contributed by atoms with van der Waals surface area (Å²) in [5.74, 6) is -0.837. The zero-order valence-electron chi connectivity index (χ0n) is 25.0. The van der Waals surface area contributed by atoms with Gasteiger partial charge in [-0.05, 0) is 63.1 Å². The third-order valence-electron chi connectivity index (χ3n) is 8.51. The lowest BCUT2D eigenvalue weighted by Gasteiger charge is -2.44. The van der Waals surface area contributed by atoms with Crippen LogP contribution in [-0.2, 0) is 23.5 Å².